The largest absolute Gasteiger partial charge is 0.356 e. The van der Waals surface area contributed by atoms with Gasteiger partial charge in [0.05, 0.1) is 12.5 Å². The predicted octanol–water partition coefficient (Wildman–Crippen LogP) is 1.67. The molecule has 2 aromatic carbocycles. The van der Waals surface area contributed by atoms with Crippen LogP contribution in [0.3, 0.4) is 0 Å². The maximum Gasteiger partial charge on any atom is 0.237 e. The zero-order valence-corrected chi connectivity index (χ0v) is 13.9. The quantitative estimate of drug-likeness (QED) is 0.879. The number of nitrogens with zero attached hydrogens (tertiary/aromatic N) is 1. The second-order valence-electron chi connectivity index (χ2n) is 6.07. The van der Waals surface area contributed by atoms with Crippen molar-refractivity contribution in [2.24, 2.45) is 0 Å². The maximum atomic E-state index is 12.3. The molecule has 2 N–H and O–H groups in total. The number of benzene rings is 2. The van der Waals surface area contributed by atoms with Gasteiger partial charge >= 0.3 is 0 Å². The van der Waals surface area contributed by atoms with Crippen LogP contribution >= 0.6 is 0 Å². The molecule has 0 saturated carbocycles. The Labute approximate surface area is 142 Å². The van der Waals surface area contributed by atoms with E-state index in [1.165, 1.54) is 16.3 Å². The number of hydrogen-bond donors (Lipinski definition) is 2. The fraction of sp³-hybridized carbons (Fsp3) is 0.368. The number of amides is 2. The highest BCUT2D eigenvalue weighted by atomic mass is 16.2. The summed E-state index contributed by atoms with van der Waals surface area (Å²) in [6, 6.07) is 14.1. The van der Waals surface area contributed by atoms with Crippen molar-refractivity contribution in [1.29, 1.82) is 0 Å². The molecular formula is C19H23N3O2. The first-order valence-corrected chi connectivity index (χ1v) is 8.44. The van der Waals surface area contributed by atoms with Crippen LogP contribution in [0.4, 0.5) is 0 Å². The Morgan fingerprint density at radius 1 is 1.25 bits per heavy atom. The SMILES string of the molecule is CCNC(=O)C[C@@H]1C(=O)NCCN1Cc1cccc2ccccc12. The van der Waals surface area contributed by atoms with Crippen molar-refractivity contribution in [3.8, 4) is 0 Å². The molecule has 24 heavy (non-hydrogen) atoms. The topological polar surface area (TPSA) is 61.4 Å². The summed E-state index contributed by atoms with van der Waals surface area (Å²) in [5, 5.41) is 8.04. The molecule has 1 aliphatic rings. The molecule has 5 heteroatoms. The highest BCUT2D eigenvalue weighted by Crippen LogP contribution is 2.22. The number of piperazine rings is 1. The lowest BCUT2D eigenvalue weighted by Crippen LogP contribution is -2.56. The fourth-order valence-electron chi connectivity index (χ4n) is 3.27. The van der Waals surface area contributed by atoms with Crippen LogP contribution in [0, 0.1) is 0 Å². The molecule has 0 radical (unpaired) electrons. The van der Waals surface area contributed by atoms with E-state index in [4.69, 9.17) is 0 Å². The van der Waals surface area contributed by atoms with Gasteiger partial charge in [0.1, 0.15) is 0 Å². The Morgan fingerprint density at radius 3 is 2.88 bits per heavy atom. The highest BCUT2D eigenvalue weighted by molar-refractivity contribution is 5.89. The predicted molar refractivity (Wildman–Crippen MR) is 94.5 cm³/mol. The number of nitrogens with one attached hydrogen (secondary N) is 2. The molecule has 2 amide bonds. The normalized spacial score (nSPS) is 18.4. The molecule has 0 unspecified atom stereocenters. The molecule has 0 aromatic heterocycles. The molecular weight excluding hydrogens is 302 g/mol. The number of carbonyl (C=O) groups is 2. The van der Waals surface area contributed by atoms with Crippen LogP contribution in [0.15, 0.2) is 42.5 Å². The van der Waals surface area contributed by atoms with E-state index in [-0.39, 0.29) is 18.2 Å². The Morgan fingerprint density at radius 2 is 2.04 bits per heavy atom. The molecule has 1 heterocycles. The smallest absolute Gasteiger partial charge is 0.237 e. The van der Waals surface area contributed by atoms with Crippen molar-refractivity contribution < 1.29 is 9.59 Å². The van der Waals surface area contributed by atoms with Crippen molar-refractivity contribution in [1.82, 2.24) is 15.5 Å². The minimum Gasteiger partial charge on any atom is -0.356 e. The van der Waals surface area contributed by atoms with E-state index in [0.717, 1.165) is 6.54 Å². The maximum absolute atomic E-state index is 12.3. The fourth-order valence-corrected chi connectivity index (χ4v) is 3.27. The molecule has 5 nitrogen and oxygen atoms in total. The average Bonchev–Trinajstić information content (AvgIpc) is 2.58. The second kappa shape index (κ2) is 7.45. The van der Waals surface area contributed by atoms with Gasteiger partial charge in [-0.2, -0.15) is 0 Å². The average molecular weight is 325 g/mol. The van der Waals surface area contributed by atoms with E-state index < -0.39 is 6.04 Å². The third-order valence-corrected chi connectivity index (χ3v) is 4.45. The van der Waals surface area contributed by atoms with Crippen molar-refractivity contribution in [3.63, 3.8) is 0 Å². The van der Waals surface area contributed by atoms with Crippen LogP contribution in [0.5, 0.6) is 0 Å². The Balaban J connectivity index is 1.82. The van der Waals surface area contributed by atoms with Crippen LogP contribution < -0.4 is 10.6 Å². The van der Waals surface area contributed by atoms with Crippen LogP contribution in [0.1, 0.15) is 18.9 Å². The van der Waals surface area contributed by atoms with Crippen molar-refractivity contribution >= 4 is 22.6 Å². The van der Waals surface area contributed by atoms with Gasteiger partial charge in [0.15, 0.2) is 0 Å². The van der Waals surface area contributed by atoms with Gasteiger partial charge in [-0.25, -0.2) is 0 Å². The summed E-state index contributed by atoms with van der Waals surface area (Å²) in [6.45, 7) is 4.50. The summed E-state index contributed by atoms with van der Waals surface area (Å²) in [4.78, 5) is 26.3. The van der Waals surface area contributed by atoms with Gasteiger partial charge < -0.3 is 10.6 Å². The molecule has 0 bridgehead atoms. The van der Waals surface area contributed by atoms with Gasteiger partial charge in [-0.1, -0.05) is 42.5 Å². The summed E-state index contributed by atoms with van der Waals surface area (Å²) < 4.78 is 0. The molecule has 1 fully saturated rings. The van der Waals surface area contributed by atoms with Gasteiger partial charge in [0, 0.05) is 26.2 Å². The summed E-state index contributed by atoms with van der Waals surface area (Å²) in [5.74, 6) is -0.143. The van der Waals surface area contributed by atoms with Gasteiger partial charge in [0.25, 0.3) is 0 Å². The summed E-state index contributed by atoms with van der Waals surface area (Å²) >= 11 is 0. The van der Waals surface area contributed by atoms with E-state index >= 15 is 0 Å². The minimum absolute atomic E-state index is 0.0623. The molecule has 3 rings (SSSR count). The summed E-state index contributed by atoms with van der Waals surface area (Å²) in [6.07, 6.45) is 0.199. The van der Waals surface area contributed by atoms with Gasteiger partial charge in [-0.15, -0.1) is 0 Å². The van der Waals surface area contributed by atoms with Gasteiger partial charge in [-0.05, 0) is 23.3 Å². The highest BCUT2D eigenvalue weighted by Gasteiger charge is 2.31. The first kappa shape index (κ1) is 16.5. The lowest BCUT2D eigenvalue weighted by molar-refractivity contribution is -0.134. The van der Waals surface area contributed by atoms with Crippen molar-refractivity contribution in [2.45, 2.75) is 25.9 Å². The molecule has 2 aromatic rings. The molecule has 1 saturated heterocycles. The van der Waals surface area contributed by atoms with Crippen molar-refractivity contribution in [2.75, 3.05) is 19.6 Å². The van der Waals surface area contributed by atoms with Gasteiger partial charge in [-0.3, -0.25) is 14.5 Å². The Bertz CT molecular complexity index is 739. The van der Waals surface area contributed by atoms with Crippen LogP contribution in [-0.4, -0.2) is 42.4 Å². The molecule has 0 aliphatic carbocycles. The Kier molecular flexibility index (Phi) is 5.11. The number of carbonyl (C=O) groups excluding carboxylic acids is 2. The van der Waals surface area contributed by atoms with Gasteiger partial charge in [0.2, 0.25) is 11.8 Å². The zero-order valence-electron chi connectivity index (χ0n) is 13.9. The van der Waals surface area contributed by atoms with E-state index in [2.05, 4.69) is 39.8 Å². The minimum atomic E-state index is -0.413. The van der Waals surface area contributed by atoms with E-state index in [1.807, 2.05) is 25.1 Å². The lowest BCUT2D eigenvalue weighted by atomic mass is 10.0. The number of hydrogen-bond acceptors (Lipinski definition) is 3. The summed E-state index contributed by atoms with van der Waals surface area (Å²) in [7, 11) is 0. The van der Waals surface area contributed by atoms with E-state index in [0.29, 0.717) is 19.6 Å². The molecule has 0 spiro atoms. The first-order valence-electron chi connectivity index (χ1n) is 8.44. The van der Waals surface area contributed by atoms with E-state index in [9.17, 15) is 9.59 Å². The van der Waals surface area contributed by atoms with Crippen LogP contribution in [-0.2, 0) is 16.1 Å². The number of rotatable bonds is 5. The van der Waals surface area contributed by atoms with Crippen LogP contribution in [0.25, 0.3) is 10.8 Å². The molecule has 1 aliphatic heterocycles. The van der Waals surface area contributed by atoms with E-state index in [1.54, 1.807) is 0 Å². The lowest BCUT2D eigenvalue weighted by Gasteiger charge is -2.35. The summed E-state index contributed by atoms with van der Waals surface area (Å²) in [5.41, 5.74) is 1.18. The number of fused-ring (bicyclic) bond motifs is 1. The monoisotopic (exact) mass is 325 g/mol. The second-order valence-corrected chi connectivity index (χ2v) is 6.07. The van der Waals surface area contributed by atoms with Crippen molar-refractivity contribution in [3.05, 3.63) is 48.0 Å². The Hall–Kier alpha value is -2.40. The van der Waals surface area contributed by atoms with Crippen LogP contribution in [0.2, 0.25) is 0 Å². The third kappa shape index (κ3) is 3.57. The molecule has 126 valence electrons. The standard InChI is InChI=1S/C19H23N3O2/c1-2-20-18(23)12-17-19(24)21-10-11-22(17)13-15-8-5-7-14-6-3-4-9-16(14)15/h3-9,17H,2,10-13H2,1H3,(H,20,23)(H,21,24)/t17-/m1/s1. The third-order valence-electron chi connectivity index (χ3n) is 4.45. The zero-order chi connectivity index (χ0) is 16.9. The first-order chi connectivity index (χ1) is 11.7. The molecule has 1 atom stereocenters.